The van der Waals surface area contributed by atoms with Crippen LogP contribution in [0.4, 0.5) is 0 Å². The highest BCUT2D eigenvalue weighted by molar-refractivity contribution is 6.09. The number of phenolic OH excluding ortho intramolecular Hbond substituents is 1. The zero-order valence-corrected chi connectivity index (χ0v) is 21.7. The zero-order chi connectivity index (χ0) is 26.0. The Bertz CT molecular complexity index is 1150. The zero-order valence-electron chi connectivity index (χ0n) is 21.7. The van der Waals surface area contributed by atoms with Crippen LogP contribution in [0, 0.1) is 0 Å². The lowest BCUT2D eigenvalue weighted by atomic mass is 9.99. The number of carbonyl (C=O) groups is 1. The van der Waals surface area contributed by atoms with Gasteiger partial charge in [0, 0.05) is 30.8 Å². The molecule has 0 aromatic heterocycles. The lowest BCUT2D eigenvalue weighted by molar-refractivity contribution is -0.121. The maximum Gasteiger partial charge on any atom is 0.163 e. The monoisotopic (exact) mass is 502 g/mol. The number of ketones is 1. The Balaban J connectivity index is 1.24. The molecule has 0 amide bonds. The number of rotatable bonds is 15. The SMILES string of the molecule is CCCCC[C@@H](O)CC(=O)CCc1ccc(O)c(OCN2C=C3C(CCc4ccccc4)=CN=C3C2)c1. The number of ether oxygens (including phenoxy) is 1. The number of aliphatic imine (C=N–C) groups is 1. The molecule has 2 heterocycles. The largest absolute Gasteiger partial charge is 0.504 e. The van der Waals surface area contributed by atoms with Crippen molar-refractivity contribution in [2.24, 2.45) is 4.99 Å². The van der Waals surface area contributed by atoms with Crippen LogP contribution in [0.15, 0.2) is 77.1 Å². The Morgan fingerprint density at radius 2 is 1.92 bits per heavy atom. The van der Waals surface area contributed by atoms with E-state index in [1.165, 1.54) is 16.7 Å². The van der Waals surface area contributed by atoms with E-state index in [2.05, 4.69) is 47.3 Å². The third-order valence-corrected chi connectivity index (χ3v) is 6.93. The molecule has 6 nitrogen and oxygen atoms in total. The molecule has 0 radical (unpaired) electrons. The molecule has 0 spiro atoms. The molecule has 2 aliphatic rings. The van der Waals surface area contributed by atoms with E-state index in [4.69, 9.17) is 4.74 Å². The van der Waals surface area contributed by atoms with E-state index < -0.39 is 6.10 Å². The molecule has 0 saturated heterocycles. The number of allylic oxidation sites excluding steroid dienone is 1. The van der Waals surface area contributed by atoms with Crippen molar-refractivity contribution in [3.63, 3.8) is 0 Å². The summed E-state index contributed by atoms with van der Waals surface area (Å²) >= 11 is 0. The van der Waals surface area contributed by atoms with Crippen molar-refractivity contribution in [2.45, 2.75) is 70.8 Å². The van der Waals surface area contributed by atoms with Gasteiger partial charge < -0.3 is 19.8 Å². The van der Waals surface area contributed by atoms with Crippen LogP contribution in [-0.4, -0.2) is 46.0 Å². The Morgan fingerprint density at radius 3 is 2.73 bits per heavy atom. The van der Waals surface area contributed by atoms with Crippen molar-refractivity contribution in [1.29, 1.82) is 0 Å². The lowest BCUT2D eigenvalue weighted by Gasteiger charge is -2.17. The van der Waals surface area contributed by atoms with Crippen LogP contribution in [-0.2, 0) is 17.6 Å². The van der Waals surface area contributed by atoms with E-state index in [0.717, 1.165) is 43.4 Å². The molecular formula is C31H38N2O4. The highest BCUT2D eigenvalue weighted by Gasteiger charge is 2.26. The molecule has 37 heavy (non-hydrogen) atoms. The van der Waals surface area contributed by atoms with Crippen LogP contribution >= 0.6 is 0 Å². The maximum absolute atomic E-state index is 12.3. The fraction of sp³-hybridized carbons (Fsp3) is 0.419. The predicted molar refractivity (Wildman–Crippen MR) is 147 cm³/mol. The number of fused-ring (bicyclic) bond motifs is 1. The Kier molecular flexibility index (Phi) is 9.55. The first-order valence-electron chi connectivity index (χ1n) is 13.4. The molecule has 2 N–H and O–H groups in total. The van der Waals surface area contributed by atoms with Crippen molar-refractivity contribution in [2.75, 3.05) is 13.3 Å². The minimum absolute atomic E-state index is 0.0617. The number of aromatic hydroxyl groups is 1. The van der Waals surface area contributed by atoms with Crippen molar-refractivity contribution >= 4 is 11.5 Å². The second-order valence-electron chi connectivity index (χ2n) is 9.97. The highest BCUT2D eigenvalue weighted by atomic mass is 16.5. The third kappa shape index (κ3) is 7.80. The van der Waals surface area contributed by atoms with Gasteiger partial charge in [-0.15, -0.1) is 0 Å². The van der Waals surface area contributed by atoms with Crippen molar-refractivity contribution in [3.8, 4) is 11.5 Å². The van der Waals surface area contributed by atoms with Crippen LogP contribution in [0.1, 0.15) is 63.0 Å². The summed E-state index contributed by atoms with van der Waals surface area (Å²) in [6.07, 6.45) is 10.4. The molecule has 1 atom stereocenters. The van der Waals surface area contributed by atoms with E-state index in [-0.39, 0.29) is 18.0 Å². The topological polar surface area (TPSA) is 82.4 Å². The summed E-state index contributed by atoms with van der Waals surface area (Å²) in [4.78, 5) is 18.9. The normalized spacial score (nSPS) is 15.2. The fourth-order valence-corrected chi connectivity index (χ4v) is 4.75. The van der Waals surface area contributed by atoms with Crippen LogP contribution in [0.25, 0.3) is 0 Å². The van der Waals surface area contributed by atoms with Crippen LogP contribution in [0.3, 0.4) is 0 Å². The van der Waals surface area contributed by atoms with Gasteiger partial charge in [-0.25, -0.2) is 0 Å². The molecule has 6 heteroatoms. The quantitative estimate of drug-likeness (QED) is 0.304. The first-order chi connectivity index (χ1) is 18.0. The van der Waals surface area contributed by atoms with Crippen LogP contribution < -0.4 is 4.74 Å². The second-order valence-corrected chi connectivity index (χ2v) is 9.97. The summed E-state index contributed by atoms with van der Waals surface area (Å²) < 4.78 is 5.95. The van der Waals surface area contributed by atoms with Crippen molar-refractivity contribution < 1.29 is 19.7 Å². The third-order valence-electron chi connectivity index (χ3n) is 6.93. The summed E-state index contributed by atoms with van der Waals surface area (Å²) in [6.45, 7) is 3.10. The number of hydrogen-bond donors (Lipinski definition) is 2. The molecular weight excluding hydrogens is 464 g/mol. The molecule has 0 aliphatic carbocycles. The average Bonchev–Trinajstić information content (AvgIpc) is 3.47. The van der Waals surface area contributed by atoms with Gasteiger partial charge in [0.25, 0.3) is 0 Å². The number of hydrogen-bond acceptors (Lipinski definition) is 6. The fourth-order valence-electron chi connectivity index (χ4n) is 4.75. The van der Waals surface area contributed by atoms with E-state index in [1.54, 1.807) is 12.1 Å². The number of Topliss-reactive ketones (excluding diaryl/α,β-unsaturated/α-hetero) is 1. The Labute approximate surface area is 220 Å². The summed E-state index contributed by atoms with van der Waals surface area (Å²) in [6, 6.07) is 15.7. The number of unbranched alkanes of at least 4 members (excludes halogenated alkanes) is 2. The predicted octanol–water partition coefficient (Wildman–Crippen LogP) is 5.73. The van der Waals surface area contributed by atoms with Gasteiger partial charge in [0.15, 0.2) is 18.2 Å². The molecule has 2 aromatic rings. The molecule has 2 aliphatic heterocycles. The van der Waals surface area contributed by atoms with E-state index in [0.29, 0.717) is 38.3 Å². The number of aryl methyl sites for hydroxylation is 2. The number of aliphatic hydroxyl groups is 1. The van der Waals surface area contributed by atoms with Gasteiger partial charge in [-0.3, -0.25) is 9.79 Å². The maximum atomic E-state index is 12.3. The molecule has 2 aromatic carbocycles. The minimum atomic E-state index is -0.551. The number of nitrogens with zero attached hydrogens (tertiary/aromatic N) is 2. The molecule has 0 unspecified atom stereocenters. The van der Waals surface area contributed by atoms with Gasteiger partial charge in [0.2, 0.25) is 0 Å². The number of carbonyl (C=O) groups excluding carboxylic acids is 1. The Hall–Kier alpha value is -3.38. The van der Waals surface area contributed by atoms with E-state index >= 15 is 0 Å². The van der Waals surface area contributed by atoms with Crippen LogP contribution in [0.2, 0.25) is 0 Å². The smallest absolute Gasteiger partial charge is 0.163 e. The number of phenols is 1. The second kappa shape index (κ2) is 13.2. The first-order valence-corrected chi connectivity index (χ1v) is 13.4. The summed E-state index contributed by atoms with van der Waals surface area (Å²) in [5, 5.41) is 20.4. The van der Waals surface area contributed by atoms with Gasteiger partial charge in [0.1, 0.15) is 5.78 Å². The lowest BCUT2D eigenvalue weighted by Crippen LogP contribution is -2.23. The van der Waals surface area contributed by atoms with Gasteiger partial charge in [-0.2, -0.15) is 0 Å². The molecule has 0 fully saturated rings. The molecule has 196 valence electrons. The van der Waals surface area contributed by atoms with Gasteiger partial charge in [0.05, 0.1) is 18.4 Å². The number of aliphatic hydroxyl groups excluding tert-OH is 1. The molecule has 4 rings (SSSR count). The van der Waals surface area contributed by atoms with Crippen molar-refractivity contribution in [1.82, 2.24) is 4.90 Å². The highest BCUT2D eigenvalue weighted by Crippen LogP contribution is 2.31. The minimum Gasteiger partial charge on any atom is -0.504 e. The van der Waals surface area contributed by atoms with E-state index in [9.17, 15) is 15.0 Å². The average molecular weight is 503 g/mol. The molecule has 0 saturated carbocycles. The van der Waals surface area contributed by atoms with Gasteiger partial charge in [-0.05, 0) is 54.5 Å². The van der Waals surface area contributed by atoms with Crippen molar-refractivity contribution in [3.05, 3.63) is 83.2 Å². The van der Waals surface area contributed by atoms with Crippen LogP contribution in [0.5, 0.6) is 11.5 Å². The number of benzene rings is 2. The standard InChI is InChI=1S/C31H38N2O4/c1-2-3-5-10-26(34)18-27(35)15-12-24-13-16-30(36)31(17-24)37-22-33-20-28-25(19-32-29(28)21-33)14-11-23-8-6-4-7-9-23/h4,6-9,13,16-17,19-20,26,34,36H,2-3,5,10-12,14-15,18,21-22H2,1H3/t26-/m1/s1. The Morgan fingerprint density at radius 1 is 1.08 bits per heavy atom. The van der Waals surface area contributed by atoms with E-state index in [1.807, 2.05) is 18.3 Å². The first kappa shape index (κ1) is 26.7. The van der Waals surface area contributed by atoms with Gasteiger partial charge >= 0.3 is 0 Å². The summed E-state index contributed by atoms with van der Waals surface area (Å²) in [5.41, 5.74) is 5.71. The van der Waals surface area contributed by atoms with Gasteiger partial charge in [-0.1, -0.05) is 62.6 Å². The summed E-state index contributed by atoms with van der Waals surface area (Å²) in [7, 11) is 0. The summed E-state index contributed by atoms with van der Waals surface area (Å²) in [5.74, 6) is 0.544. The molecule has 0 bridgehead atoms.